The Labute approximate surface area is 96.5 Å². The lowest BCUT2D eigenvalue weighted by molar-refractivity contribution is -0.137. The molecule has 1 unspecified atom stereocenters. The van der Waals surface area contributed by atoms with Gasteiger partial charge in [0.2, 0.25) is 0 Å². The highest BCUT2D eigenvalue weighted by molar-refractivity contribution is 5.75. The number of aromatic nitrogens is 2. The number of nitrogens with one attached hydrogen (secondary N) is 2. The molecule has 0 radical (unpaired) electrons. The predicted molar refractivity (Wildman–Crippen MR) is 62.7 cm³/mol. The summed E-state index contributed by atoms with van der Waals surface area (Å²) in [4.78, 5) is 26.8. The third-order valence-corrected chi connectivity index (χ3v) is 2.64. The minimum Gasteiger partial charge on any atom is -0.481 e. The average molecular weight is 235 g/mol. The maximum Gasteiger partial charge on any atom is 0.323 e. The number of imidazole rings is 1. The minimum absolute atomic E-state index is 0.0306. The number of nitrogens with two attached hydrogens (primary N) is 1. The van der Waals surface area contributed by atoms with Crippen LogP contribution < -0.4 is 11.4 Å². The van der Waals surface area contributed by atoms with Crippen LogP contribution >= 0.6 is 0 Å². The van der Waals surface area contributed by atoms with Gasteiger partial charge in [-0.2, -0.15) is 0 Å². The SMILES string of the molecule is NC(CCC(=O)O)c1ccc2[nH]c(=O)[nH]c2c1. The molecule has 2 rings (SSSR count). The zero-order valence-corrected chi connectivity index (χ0v) is 9.06. The Hall–Kier alpha value is -2.08. The smallest absolute Gasteiger partial charge is 0.323 e. The van der Waals surface area contributed by atoms with Crippen molar-refractivity contribution < 1.29 is 9.90 Å². The fourth-order valence-corrected chi connectivity index (χ4v) is 1.73. The molecule has 0 aliphatic heterocycles. The van der Waals surface area contributed by atoms with Gasteiger partial charge < -0.3 is 20.8 Å². The number of carbonyl (C=O) groups is 1. The van der Waals surface area contributed by atoms with Crippen molar-refractivity contribution >= 4 is 17.0 Å². The molecule has 0 fully saturated rings. The van der Waals surface area contributed by atoms with Crippen LogP contribution in [0.25, 0.3) is 11.0 Å². The summed E-state index contributed by atoms with van der Waals surface area (Å²) in [5.41, 5.74) is 7.81. The molecule has 1 atom stereocenters. The van der Waals surface area contributed by atoms with E-state index >= 15 is 0 Å². The summed E-state index contributed by atoms with van der Waals surface area (Å²) in [6.07, 6.45) is 0.401. The molecular formula is C11H13N3O3. The van der Waals surface area contributed by atoms with Crippen LogP contribution in [0, 0.1) is 0 Å². The summed E-state index contributed by atoms with van der Waals surface area (Å²) in [7, 11) is 0. The zero-order chi connectivity index (χ0) is 12.4. The van der Waals surface area contributed by atoms with E-state index in [1.54, 1.807) is 18.2 Å². The van der Waals surface area contributed by atoms with Gasteiger partial charge in [-0.25, -0.2) is 4.79 Å². The van der Waals surface area contributed by atoms with Gasteiger partial charge in [0.1, 0.15) is 0 Å². The maximum absolute atomic E-state index is 11.1. The summed E-state index contributed by atoms with van der Waals surface area (Å²) >= 11 is 0. The number of aliphatic carboxylic acids is 1. The Bertz CT molecular complexity index is 599. The molecule has 0 aliphatic carbocycles. The van der Waals surface area contributed by atoms with Crippen LogP contribution in [0.3, 0.4) is 0 Å². The maximum atomic E-state index is 11.1. The van der Waals surface area contributed by atoms with Crippen molar-refractivity contribution in [3.63, 3.8) is 0 Å². The van der Waals surface area contributed by atoms with Gasteiger partial charge in [0.25, 0.3) is 0 Å². The lowest BCUT2D eigenvalue weighted by Gasteiger charge is -2.10. The molecule has 0 bridgehead atoms. The first-order valence-corrected chi connectivity index (χ1v) is 5.25. The topological polar surface area (TPSA) is 112 Å². The fraction of sp³-hybridized carbons (Fsp3) is 0.273. The Kier molecular flexibility index (Phi) is 2.97. The normalized spacial score (nSPS) is 12.8. The number of H-pyrrole nitrogens is 2. The summed E-state index contributed by atoms with van der Waals surface area (Å²) in [6, 6.07) is 4.97. The van der Waals surface area contributed by atoms with Crippen molar-refractivity contribution in [2.45, 2.75) is 18.9 Å². The van der Waals surface area contributed by atoms with Gasteiger partial charge >= 0.3 is 11.7 Å². The van der Waals surface area contributed by atoms with Crippen molar-refractivity contribution in [2.24, 2.45) is 5.73 Å². The van der Waals surface area contributed by atoms with Crippen molar-refractivity contribution in [2.75, 3.05) is 0 Å². The molecule has 0 spiro atoms. The second kappa shape index (κ2) is 4.42. The standard InChI is InChI=1S/C11H13N3O3/c12-7(2-4-10(15)16)6-1-3-8-9(5-6)14-11(17)13-8/h1,3,5,7H,2,4,12H2,(H,15,16)(H2,13,14,17). The number of rotatable bonds is 4. The Balaban J connectivity index is 2.23. The van der Waals surface area contributed by atoms with Gasteiger partial charge in [0, 0.05) is 12.5 Å². The molecule has 1 aromatic heterocycles. The van der Waals surface area contributed by atoms with E-state index in [2.05, 4.69) is 9.97 Å². The third kappa shape index (κ3) is 2.54. The first-order chi connectivity index (χ1) is 8.06. The highest BCUT2D eigenvalue weighted by Gasteiger charge is 2.09. The molecular weight excluding hydrogens is 222 g/mol. The summed E-state index contributed by atoms with van der Waals surface area (Å²) in [5.74, 6) is -0.864. The highest BCUT2D eigenvalue weighted by Crippen LogP contribution is 2.19. The molecule has 2 aromatic rings. The van der Waals surface area contributed by atoms with E-state index < -0.39 is 5.97 Å². The molecule has 1 aromatic carbocycles. The average Bonchev–Trinajstić information content (AvgIpc) is 2.64. The number of benzene rings is 1. The summed E-state index contributed by atoms with van der Waals surface area (Å²) in [5, 5.41) is 8.58. The van der Waals surface area contributed by atoms with Gasteiger partial charge in [-0.05, 0) is 24.1 Å². The molecule has 0 saturated carbocycles. The number of carboxylic acids is 1. The summed E-state index contributed by atoms with van der Waals surface area (Å²) < 4.78 is 0. The van der Waals surface area contributed by atoms with Crippen LogP contribution in [-0.2, 0) is 4.79 Å². The van der Waals surface area contributed by atoms with E-state index in [1.165, 1.54) is 0 Å². The number of hydrogen-bond acceptors (Lipinski definition) is 3. The number of fused-ring (bicyclic) bond motifs is 1. The molecule has 0 saturated heterocycles. The van der Waals surface area contributed by atoms with Gasteiger partial charge in [0.15, 0.2) is 0 Å². The van der Waals surface area contributed by atoms with Crippen molar-refractivity contribution in [3.05, 3.63) is 34.2 Å². The molecule has 90 valence electrons. The molecule has 0 aliphatic rings. The van der Waals surface area contributed by atoms with Gasteiger partial charge in [0.05, 0.1) is 11.0 Å². The Morgan fingerprint density at radius 3 is 2.76 bits per heavy atom. The molecule has 1 heterocycles. The molecule has 0 amide bonds. The van der Waals surface area contributed by atoms with Crippen molar-refractivity contribution in [3.8, 4) is 0 Å². The van der Waals surface area contributed by atoms with E-state index in [0.29, 0.717) is 17.5 Å². The Morgan fingerprint density at radius 1 is 1.35 bits per heavy atom. The van der Waals surface area contributed by atoms with Gasteiger partial charge in [-0.3, -0.25) is 4.79 Å². The predicted octanol–water partition coefficient (Wildman–Crippen LogP) is 0.721. The molecule has 6 heteroatoms. The minimum atomic E-state index is -0.864. The van der Waals surface area contributed by atoms with Crippen molar-refractivity contribution in [1.82, 2.24) is 9.97 Å². The fourth-order valence-electron chi connectivity index (χ4n) is 1.73. The van der Waals surface area contributed by atoms with E-state index in [9.17, 15) is 9.59 Å². The Morgan fingerprint density at radius 2 is 2.06 bits per heavy atom. The van der Waals surface area contributed by atoms with E-state index in [1.807, 2.05) is 0 Å². The quantitative estimate of drug-likeness (QED) is 0.625. The van der Waals surface area contributed by atoms with E-state index in [4.69, 9.17) is 10.8 Å². The monoisotopic (exact) mass is 235 g/mol. The number of aromatic amines is 2. The zero-order valence-electron chi connectivity index (χ0n) is 9.06. The van der Waals surface area contributed by atoms with Crippen LogP contribution in [0.5, 0.6) is 0 Å². The van der Waals surface area contributed by atoms with Crippen LogP contribution in [0.2, 0.25) is 0 Å². The van der Waals surface area contributed by atoms with Gasteiger partial charge in [-0.1, -0.05) is 6.07 Å². The highest BCUT2D eigenvalue weighted by atomic mass is 16.4. The number of carboxylic acid groups (broad SMARTS) is 1. The second-order valence-electron chi connectivity index (χ2n) is 3.92. The lowest BCUT2D eigenvalue weighted by Crippen LogP contribution is -2.12. The second-order valence-corrected chi connectivity index (χ2v) is 3.92. The van der Waals surface area contributed by atoms with Crippen LogP contribution in [-0.4, -0.2) is 21.0 Å². The van der Waals surface area contributed by atoms with Crippen LogP contribution in [0.4, 0.5) is 0 Å². The van der Waals surface area contributed by atoms with E-state index in [-0.39, 0.29) is 18.2 Å². The van der Waals surface area contributed by atoms with E-state index in [0.717, 1.165) is 5.56 Å². The van der Waals surface area contributed by atoms with Crippen molar-refractivity contribution in [1.29, 1.82) is 0 Å². The first-order valence-electron chi connectivity index (χ1n) is 5.25. The molecule has 6 nitrogen and oxygen atoms in total. The number of hydrogen-bond donors (Lipinski definition) is 4. The van der Waals surface area contributed by atoms with Gasteiger partial charge in [-0.15, -0.1) is 0 Å². The van der Waals surface area contributed by atoms with Crippen LogP contribution in [0.1, 0.15) is 24.4 Å². The first kappa shape index (κ1) is 11.4. The largest absolute Gasteiger partial charge is 0.481 e. The van der Waals surface area contributed by atoms with Crippen LogP contribution in [0.15, 0.2) is 23.0 Å². The third-order valence-electron chi connectivity index (χ3n) is 2.64. The molecule has 17 heavy (non-hydrogen) atoms. The molecule has 5 N–H and O–H groups in total. The summed E-state index contributed by atoms with van der Waals surface area (Å²) in [6.45, 7) is 0. The lowest BCUT2D eigenvalue weighted by atomic mass is 10.0.